The van der Waals surface area contributed by atoms with Gasteiger partial charge >= 0.3 is 0 Å². The average Bonchev–Trinajstić information content (AvgIpc) is 3.44. The molecule has 0 aliphatic carbocycles. The van der Waals surface area contributed by atoms with Crippen molar-refractivity contribution in [1.82, 2.24) is 24.1 Å². The Morgan fingerprint density at radius 1 is 1.13 bits per heavy atom. The standard InChI is InChI=1S/C24H25N5O2/c1-16(2)15-28-20-8-3-4-9-21(20)29-22(24(28)31)13-18(26-29)23(30)27-12-6-10-19(27)17-7-5-11-25-14-17/h3-5,7-9,11,13-14,16,19H,6,10,12,15H2,1-2H3. The Labute approximate surface area is 179 Å². The molecule has 4 heterocycles. The van der Waals surface area contributed by atoms with Crippen molar-refractivity contribution in [3.05, 3.63) is 76.5 Å². The second-order valence-electron chi connectivity index (χ2n) is 8.57. The van der Waals surface area contributed by atoms with E-state index in [0.717, 1.165) is 29.4 Å². The largest absolute Gasteiger partial charge is 0.330 e. The van der Waals surface area contributed by atoms with Crippen LogP contribution in [-0.2, 0) is 6.54 Å². The highest BCUT2D eigenvalue weighted by Crippen LogP contribution is 2.32. The molecule has 1 unspecified atom stereocenters. The van der Waals surface area contributed by atoms with E-state index < -0.39 is 0 Å². The van der Waals surface area contributed by atoms with Crippen LogP contribution in [0.15, 0.2) is 59.7 Å². The van der Waals surface area contributed by atoms with Gasteiger partial charge < -0.3 is 9.47 Å². The average molecular weight is 415 g/mol. The highest BCUT2D eigenvalue weighted by Gasteiger charge is 2.32. The van der Waals surface area contributed by atoms with E-state index in [1.165, 1.54) is 0 Å². The number of carbonyl (C=O) groups excluding carboxylic acids is 1. The van der Waals surface area contributed by atoms with Crippen molar-refractivity contribution in [3.8, 4) is 0 Å². The Balaban J connectivity index is 1.62. The summed E-state index contributed by atoms with van der Waals surface area (Å²) in [4.78, 5) is 32.8. The van der Waals surface area contributed by atoms with Gasteiger partial charge in [-0.15, -0.1) is 0 Å². The minimum atomic E-state index is -0.144. The van der Waals surface area contributed by atoms with Crippen molar-refractivity contribution in [2.75, 3.05) is 6.54 Å². The SMILES string of the molecule is CC(C)Cn1c(=O)c2cc(C(=O)N3CCCC3c3cccnc3)nn2c2ccccc21. The van der Waals surface area contributed by atoms with Gasteiger partial charge in [-0.3, -0.25) is 14.6 Å². The monoisotopic (exact) mass is 415 g/mol. The number of fused-ring (bicyclic) bond motifs is 3. The number of nitrogens with zero attached hydrogens (tertiary/aromatic N) is 5. The van der Waals surface area contributed by atoms with E-state index in [1.807, 2.05) is 47.5 Å². The number of likely N-dealkylation sites (tertiary alicyclic amines) is 1. The zero-order chi connectivity index (χ0) is 21.5. The molecule has 31 heavy (non-hydrogen) atoms. The van der Waals surface area contributed by atoms with Crippen LogP contribution in [0.4, 0.5) is 0 Å². The number of aromatic nitrogens is 4. The fraction of sp³-hybridized carbons (Fsp3) is 0.333. The predicted molar refractivity (Wildman–Crippen MR) is 119 cm³/mol. The maximum Gasteiger partial charge on any atom is 0.277 e. The van der Waals surface area contributed by atoms with Crippen LogP contribution in [-0.4, -0.2) is 36.5 Å². The molecule has 0 bridgehead atoms. The number of amides is 1. The number of pyridine rings is 1. The van der Waals surface area contributed by atoms with Gasteiger partial charge in [0.2, 0.25) is 0 Å². The van der Waals surface area contributed by atoms with Crippen LogP contribution >= 0.6 is 0 Å². The number of benzene rings is 1. The van der Waals surface area contributed by atoms with E-state index in [-0.39, 0.29) is 17.5 Å². The second kappa shape index (κ2) is 7.65. The normalized spacial score (nSPS) is 16.6. The Bertz CT molecular complexity index is 1320. The molecule has 158 valence electrons. The molecule has 1 atom stereocenters. The molecule has 1 aliphatic rings. The van der Waals surface area contributed by atoms with Crippen LogP contribution in [0, 0.1) is 5.92 Å². The molecule has 0 radical (unpaired) electrons. The zero-order valence-corrected chi connectivity index (χ0v) is 17.7. The van der Waals surface area contributed by atoms with Crippen molar-refractivity contribution in [1.29, 1.82) is 0 Å². The van der Waals surface area contributed by atoms with Crippen molar-refractivity contribution in [3.63, 3.8) is 0 Å². The van der Waals surface area contributed by atoms with Crippen LogP contribution in [0.5, 0.6) is 0 Å². The lowest BCUT2D eigenvalue weighted by atomic mass is 10.1. The summed E-state index contributed by atoms with van der Waals surface area (Å²) in [6, 6.07) is 13.2. The van der Waals surface area contributed by atoms with E-state index in [0.29, 0.717) is 30.2 Å². The van der Waals surface area contributed by atoms with Crippen LogP contribution < -0.4 is 5.56 Å². The molecular weight excluding hydrogens is 390 g/mol. The van der Waals surface area contributed by atoms with Crippen molar-refractivity contribution in [2.24, 2.45) is 5.92 Å². The summed E-state index contributed by atoms with van der Waals surface area (Å²) in [5.74, 6) is 0.173. The van der Waals surface area contributed by atoms with E-state index in [2.05, 4.69) is 23.9 Å². The Morgan fingerprint density at radius 2 is 1.94 bits per heavy atom. The maximum atomic E-state index is 13.4. The van der Waals surface area contributed by atoms with Crippen LogP contribution in [0.2, 0.25) is 0 Å². The molecule has 3 aromatic heterocycles. The van der Waals surface area contributed by atoms with Crippen LogP contribution in [0.25, 0.3) is 16.6 Å². The van der Waals surface area contributed by atoms with E-state index in [9.17, 15) is 9.59 Å². The Kier molecular flexibility index (Phi) is 4.81. The molecule has 1 aromatic carbocycles. The first-order chi connectivity index (χ1) is 15.0. The van der Waals surface area contributed by atoms with Gasteiger partial charge in [0.1, 0.15) is 5.52 Å². The first-order valence-corrected chi connectivity index (χ1v) is 10.8. The van der Waals surface area contributed by atoms with E-state index in [1.54, 1.807) is 21.3 Å². The number of rotatable bonds is 4. The Morgan fingerprint density at radius 3 is 2.68 bits per heavy atom. The minimum absolute atomic E-state index is 0.0136. The quantitative estimate of drug-likeness (QED) is 0.510. The lowest BCUT2D eigenvalue weighted by Crippen LogP contribution is -2.31. The van der Waals surface area contributed by atoms with Crippen LogP contribution in [0.3, 0.4) is 0 Å². The minimum Gasteiger partial charge on any atom is -0.330 e. The van der Waals surface area contributed by atoms with Crippen molar-refractivity contribution < 1.29 is 4.79 Å². The molecule has 1 saturated heterocycles. The smallest absolute Gasteiger partial charge is 0.277 e. The molecule has 1 fully saturated rings. The van der Waals surface area contributed by atoms with Gasteiger partial charge in [0.05, 0.1) is 17.1 Å². The summed E-state index contributed by atoms with van der Waals surface area (Å²) in [7, 11) is 0. The number of hydrogen-bond acceptors (Lipinski definition) is 4. The fourth-order valence-electron chi connectivity index (χ4n) is 4.56. The van der Waals surface area contributed by atoms with Crippen molar-refractivity contribution >= 4 is 22.5 Å². The lowest BCUT2D eigenvalue weighted by molar-refractivity contribution is 0.0729. The number of hydrogen-bond donors (Lipinski definition) is 0. The molecule has 4 aromatic rings. The fourth-order valence-corrected chi connectivity index (χ4v) is 4.56. The third kappa shape index (κ3) is 3.30. The summed E-state index contributed by atoms with van der Waals surface area (Å²) >= 11 is 0. The first-order valence-electron chi connectivity index (χ1n) is 10.8. The zero-order valence-electron chi connectivity index (χ0n) is 17.7. The third-order valence-electron chi connectivity index (χ3n) is 5.92. The predicted octanol–water partition coefficient (Wildman–Crippen LogP) is 3.68. The molecule has 0 saturated carbocycles. The van der Waals surface area contributed by atoms with Gasteiger partial charge in [-0.25, -0.2) is 4.52 Å². The highest BCUT2D eigenvalue weighted by atomic mass is 16.2. The first kappa shape index (κ1) is 19.5. The van der Waals surface area contributed by atoms with Gasteiger partial charge in [0.25, 0.3) is 11.5 Å². The summed E-state index contributed by atoms with van der Waals surface area (Å²) in [6.45, 7) is 5.45. The van der Waals surface area contributed by atoms with Gasteiger partial charge in [-0.2, -0.15) is 5.10 Å². The van der Waals surface area contributed by atoms with Gasteiger partial charge in [0, 0.05) is 31.5 Å². The molecule has 7 heteroatoms. The summed E-state index contributed by atoms with van der Waals surface area (Å²) in [6.07, 6.45) is 5.38. The summed E-state index contributed by atoms with van der Waals surface area (Å²) in [5.41, 5.74) is 3.29. The molecule has 7 nitrogen and oxygen atoms in total. The van der Waals surface area contributed by atoms with Gasteiger partial charge in [0.15, 0.2) is 5.69 Å². The highest BCUT2D eigenvalue weighted by molar-refractivity contribution is 5.94. The van der Waals surface area contributed by atoms with Gasteiger partial charge in [-0.05, 0) is 42.5 Å². The maximum absolute atomic E-state index is 13.4. The van der Waals surface area contributed by atoms with E-state index in [4.69, 9.17) is 0 Å². The number of para-hydroxylation sites is 2. The molecular formula is C24H25N5O2. The molecule has 1 amide bonds. The lowest BCUT2D eigenvalue weighted by Gasteiger charge is -2.23. The summed E-state index contributed by atoms with van der Waals surface area (Å²) in [5, 5.41) is 4.59. The molecule has 5 rings (SSSR count). The third-order valence-corrected chi connectivity index (χ3v) is 5.92. The number of carbonyl (C=O) groups is 1. The van der Waals surface area contributed by atoms with E-state index >= 15 is 0 Å². The molecule has 0 spiro atoms. The van der Waals surface area contributed by atoms with Crippen LogP contribution in [0.1, 0.15) is 48.8 Å². The second-order valence-corrected chi connectivity index (χ2v) is 8.57. The molecule has 0 N–H and O–H groups in total. The molecule has 1 aliphatic heterocycles. The van der Waals surface area contributed by atoms with Gasteiger partial charge in [-0.1, -0.05) is 32.0 Å². The summed E-state index contributed by atoms with van der Waals surface area (Å²) < 4.78 is 3.41. The Hall–Kier alpha value is -3.48. The topological polar surface area (TPSA) is 72.5 Å². The van der Waals surface area contributed by atoms with Crippen molar-refractivity contribution in [2.45, 2.75) is 39.3 Å².